The fourth-order valence-electron chi connectivity index (χ4n) is 2.41. The first-order valence-corrected chi connectivity index (χ1v) is 7.40. The summed E-state index contributed by atoms with van der Waals surface area (Å²) in [4.78, 5) is 22.1. The third-order valence-electron chi connectivity index (χ3n) is 3.61. The van der Waals surface area contributed by atoms with Gasteiger partial charge in [-0.15, -0.1) is 0 Å². The Bertz CT molecular complexity index is 522. The van der Waals surface area contributed by atoms with Crippen LogP contribution in [0.25, 0.3) is 0 Å². The van der Waals surface area contributed by atoms with Gasteiger partial charge in [-0.3, -0.25) is 4.79 Å². The van der Waals surface area contributed by atoms with E-state index in [-0.39, 0.29) is 18.0 Å². The highest BCUT2D eigenvalue weighted by Gasteiger charge is 2.34. The van der Waals surface area contributed by atoms with E-state index in [0.717, 1.165) is 37.7 Å². The molecule has 1 aliphatic rings. The molecule has 1 atom stereocenters. The predicted octanol–water partition coefficient (Wildman–Crippen LogP) is 2.52. The fraction of sp³-hybridized carbons (Fsp3) is 0.412. The summed E-state index contributed by atoms with van der Waals surface area (Å²) in [6, 6.07) is 10.2. The molecule has 1 unspecified atom stereocenters. The van der Waals surface area contributed by atoms with Gasteiger partial charge in [-0.1, -0.05) is 36.4 Å². The molecule has 0 saturated carbocycles. The summed E-state index contributed by atoms with van der Waals surface area (Å²) in [5.41, 5.74) is 7.12. The zero-order chi connectivity index (χ0) is 15.1. The number of allylic oxidation sites excluding steroid dienone is 1. The van der Waals surface area contributed by atoms with Crippen molar-refractivity contribution in [2.45, 2.75) is 44.6 Å². The average molecular weight is 287 g/mol. The van der Waals surface area contributed by atoms with Crippen molar-refractivity contribution in [3.63, 3.8) is 0 Å². The van der Waals surface area contributed by atoms with Crippen molar-refractivity contribution in [3.05, 3.63) is 47.5 Å². The molecule has 0 aliphatic carbocycles. The van der Waals surface area contributed by atoms with Crippen molar-refractivity contribution >= 4 is 11.9 Å². The monoisotopic (exact) mass is 287 g/mol. The van der Waals surface area contributed by atoms with Crippen LogP contribution >= 0.6 is 0 Å². The van der Waals surface area contributed by atoms with Crippen LogP contribution in [0.4, 0.5) is 0 Å². The van der Waals surface area contributed by atoms with Gasteiger partial charge in [0.2, 0.25) is 5.91 Å². The lowest BCUT2D eigenvalue weighted by Gasteiger charge is -2.29. The van der Waals surface area contributed by atoms with Crippen LogP contribution in [-0.2, 0) is 20.7 Å². The Morgan fingerprint density at radius 3 is 2.67 bits per heavy atom. The van der Waals surface area contributed by atoms with Crippen LogP contribution in [0.2, 0.25) is 0 Å². The molecule has 1 fully saturated rings. The number of cyclic esters (lactones) is 1. The number of unbranched alkanes of at least 4 members (excludes halogenated alkanes) is 2. The van der Waals surface area contributed by atoms with E-state index < -0.39 is 0 Å². The Labute approximate surface area is 125 Å². The topological polar surface area (TPSA) is 69.4 Å². The van der Waals surface area contributed by atoms with E-state index >= 15 is 0 Å². The van der Waals surface area contributed by atoms with E-state index in [4.69, 9.17) is 10.5 Å². The minimum atomic E-state index is -0.272. The van der Waals surface area contributed by atoms with Crippen molar-refractivity contribution in [2.24, 2.45) is 5.73 Å². The third-order valence-corrected chi connectivity index (χ3v) is 3.61. The Morgan fingerprint density at radius 2 is 2.00 bits per heavy atom. The largest absolute Gasteiger partial charge is 0.454 e. The lowest BCUT2D eigenvalue weighted by molar-refractivity contribution is -0.156. The first-order valence-electron chi connectivity index (χ1n) is 7.40. The molecular formula is C17H21NO3. The standard InChI is InChI=1S/C17H21NO3/c18-16(19)10-6-2-5-9-14-15(21-17(14)20)12-11-13-7-3-1-4-8-13/h1,3-4,7-9,15H,2,5-6,10-12H2,(H2,18,19)/b14-9+. The van der Waals surface area contributed by atoms with Crippen LogP contribution in [0.1, 0.15) is 37.7 Å². The number of hydrogen-bond donors (Lipinski definition) is 1. The highest BCUT2D eigenvalue weighted by molar-refractivity contribution is 5.95. The van der Waals surface area contributed by atoms with E-state index in [2.05, 4.69) is 12.1 Å². The van der Waals surface area contributed by atoms with Crippen molar-refractivity contribution < 1.29 is 14.3 Å². The van der Waals surface area contributed by atoms with Gasteiger partial charge < -0.3 is 10.5 Å². The molecule has 4 nitrogen and oxygen atoms in total. The van der Waals surface area contributed by atoms with Gasteiger partial charge in [0, 0.05) is 6.42 Å². The van der Waals surface area contributed by atoms with Gasteiger partial charge >= 0.3 is 5.97 Å². The Hall–Kier alpha value is -2.10. The maximum atomic E-state index is 11.5. The zero-order valence-corrected chi connectivity index (χ0v) is 12.1. The number of carbonyl (C=O) groups excluding carboxylic acids is 2. The van der Waals surface area contributed by atoms with Crippen molar-refractivity contribution in [1.82, 2.24) is 0 Å². The summed E-state index contributed by atoms with van der Waals surface area (Å²) in [6.45, 7) is 0. The van der Waals surface area contributed by atoms with E-state index in [1.807, 2.05) is 24.3 Å². The number of amides is 1. The molecule has 2 rings (SSSR count). The predicted molar refractivity (Wildman–Crippen MR) is 80.4 cm³/mol. The van der Waals surface area contributed by atoms with Gasteiger partial charge in [-0.25, -0.2) is 4.79 Å². The number of esters is 1. The lowest BCUT2D eigenvalue weighted by Crippen LogP contribution is -2.37. The maximum Gasteiger partial charge on any atom is 0.338 e. The average Bonchev–Trinajstić information content (AvgIpc) is 2.47. The molecule has 1 aromatic carbocycles. The smallest absolute Gasteiger partial charge is 0.338 e. The van der Waals surface area contributed by atoms with Gasteiger partial charge in [0.1, 0.15) is 6.10 Å². The molecule has 0 aromatic heterocycles. The van der Waals surface area contributed by atoms with Crippen molar-refractivity contribution in [3.8, 4) is 0 Å². The van der Waals surface area contributed by atoms with Gasteiger partial charge in [0.25, 0.3) is 0 Å². The molecule has 0 radical (unpaired) electrons. The number of hydrogen-bond acceptors (Lipinski definition) is 3. The maximum absolute atomic E-state index is 11.5. The number of primary amides is 1. The summed E-state index contributed by atoms with van der Waals surface area (Å²) in [5.74, 6) is -0.477. The Morgan fingerprint density at radius 1 is 1.24 bits per heavy atom. The fourth-order valence-corrected chi connectivity index (χ4v) is 2.41. The number of nitrogens with two attached hydrogens (primary N) is 1. The third kappa shape index (κ3) is 4.74. The number of carbonyl (C=O) groups is 2. The Kier molecular flexibility index (Phi) is 5.55. The second-order valence-electron chi connectivity index (χ2n) is 5.29. The van der Waals surface area contributed by atoms with E-state index in [1.165, 1.54) is 5.56 Å². The van der Waals surface area contributed by atoms with E-state index in [9.17, 15) is 9.59 Å². The van der Waals surface area contributed by atoms with E-state index in [0.29, 0.717) is 6.42 Å². The summed E-state index contributed by atoms with van der Waals surface area (Å²) in [5, 5.41) is 0. The molecule has 112 valence electrons. The molecule has 0 spiro atoms. The van der Waals surface area contributed by atoms with Crippen LogP contribution in [-0.4, -0.2) is 18.0 Å². The van der Waals surface area contributed by atoms with Crippen LogP contribution in [0.5, 0.6) is 0 Å². The summed E-state index contributed by atoms with van der Waals surface area (Å²) in [6.07, 6.45) is 6.43. The highest BCUT2D eigenvalue weighted by Crippen LogP contribution is 2.26. The molecule has 1 saturated heterocycles. The molecule has 2 N–H and O–H groups in total. The Balaban J connectivity index is 1.74. The van der Waals surface area contributed by atoms with E-state index in [1.54, 1.807) is 0 Å². The molecule has 0 bridgehead atoms. The van der Waals surface area contributed by atoms with Gasteiger partial charge in [0.15, 0.2) is 0 Å². The van der Waals surface area contributed by atoms with Gasteiger partial charge in [-0.2, -0.15) is 0 Å². The number of ether oxygens (including phenoxy) is 1. The van der Waals surface area contributed by atoms with Gasteiger partial charge in [0.05, 0.1) is 5.57 Å². The molecule has 1 aliphatic heterocycles. The summed E-state index contributed by atoms with van der Waals surface area (Å²) >= 11 is 0. The van der Waals surface area contributed by atoms with Crippen molar-refractivity contribution in [2.75, 3.05) is 0 Å². The van der Waals surface area contributed by atoms with Crippen LogP contribution < -0.4 is 5.73 Å². The molecule has 4 heteroatoms. The summed E-state index contributed by atoms with van der Waals surface area (Å²) in [7, 11) is 0. The van der Waals surface area contributed by atoms with Crippen LogP contribution in [0.15, 0.2) is 42.0 Å². The zero-order valence-electron chi connectivity index (χ0n) is 12.1. The SMILES string of the molecule is NC(=O)CCCC/C=C1/C(=O)OC1CCc1ccccc1. The van der Waals surface area contributed by atoms with Crippen molar-refractivity contribution in [1.29, 1.82) is 0 Å². The molecule has 1 amide bonds. The molecule has 1 aromatic rings. The first-order chi connectivity index (χ1) is 10.2. The molecule has 1 heterocycles. The number of benzene rings is 1. The lowest BCUT2D eigenvalue weighted by atomic mass is 9.96. The highest BCUT2D eigenvalue weighted by atomic mass is 16.6. The number of aryl methyl sites for hydroxylation is 1. The van der Waals surface area contributed by atoms with Crippen LogP contribution in [0.3, 0.4) is 0 Å². The van der Waals surface area contributed by atoms with Gasteiger partial charge in [-0.05, 0) is 37.7 Å². The number of rotatable bonds is 8. The minimum absolute atomic E-state index is 0.0751. The minimum Gasteiger partial charge on any atom is -0.454 e. The second kappa shape index (κ2) is 7.62. The summed E-state index contributed by atoms with van der Waals surface area (Å²) < 4.78 is 5.19. The first kappa shape index (κ1) is 15.3. The second-order valence-corrected chi connectivity index (χ2v) is 5.29. The normalized spacial score (nSPS) is 19.1. The molecule has 21 heavy (non-hydrogen) atoms. The quantitative estimate of drug-likeness (QED) is 0.454. The molecular weight excluding hydrogens is 266 g/mol. The van der Waals surface area contributed by atoms with Crippen LogP contribution in [0, 0.1) is 0 Å².